The minimum atomic E-state index is -1.85. The highest BCUT2D eigenvalue weighted by atomic mass is 28.3. The van der Waals surface area contributed by atoms with Gasteiger partial charge in [0.1, 0.15) is 8.07 Å². The predicted molar refractivity (Wildman–Crippen MR) is 93.0 cm³/mol. The lowest BCUT2D eigenvalue weighted by Gasteiger charge is -2.26. The monoisotopic (exact) mass is 318 g/mol. The van der Waals surface area contributed by atoms with Gasteiger partial charge in [0.15, 0.2) is 6.29 Å². The van der Waals surface area contributed by atoms with E-state index in [1.165, 1.54) is 5.56 Å². The highest BCUT2D eigenvalue weighted by molar-refractivity contribution is 6.92. The van der Waals surface area contributed by atoms with Crippen LogP contribution in [0.15, 0.2) is 54.7 Å². The second-order valence-electron chi connectivity index (χ2n) is 6.05. The topological polar surface area (TPSA) is 42.6 Å². The molecule has 0 saturated carbocycles. The van der Waals surface area contributed by atoms with Gasteiger partial charge >= 0.3 is 0 Å². The smallest absolute Gasteiger partial charge is 0.155 e. The molecular weight excluding hydrogens is 292 g/mol. The van der Waals surface area contributed by atoms with Crippen LogP contribution in [0.3, 0.4) is 0 Å². The maximum atomic E-state index is 9.68. The van der Waals surface area contributed by atoms with Crippen LogP contribution < -0.4 is 5.38 Å². The fraction of sp³-hybridized carbons (Fsp3) is 0.444. The molecule has 2 unspecified atom stereocenters. The van der Waals surface area contributed by atoms with Gasteiger partial charge in [0.2, 0.25) is 0 Å². The quantitative estimate of drug-likeness (QED) is 0.587. The van der Waals surface area contributed by atoms with Gasteiger partial charge in [0.25, 0.3) is 0 Å². The number of ether oxygens (including phenoxy) is 1. The summed E-state index contributed by atoms with van der Waals surface area (Å²) in [7, 11) is -1.85. The number of furan rings is 1. The Balaban J connectivity index is 2.26. The molecule has 1 N–H and O–H groups in total. The van der Waals surface area contributed by atoms with Crippen molar-refractivity contribution in [1.29, 1.82) is 0 Å². The van der Waals surface area contributed by atoms with E-state index in [4.69, 9.17) is 9.15 Å². The summed E-state index contributed by atoms with van der Waals surface area (Å²) in [5, 5.41) is 10.8. The number of aliphatic hydroxyl groups is 1. The maximum absolute atomic E-state index is 9.68. The third kappa shape index (κ3) is 3.69. The zero-order chi connectivity index (χ0) is 16.0. The first-order valence-corrected chi connectivity index (χ1v) is 10.5. The normalized spacial score (nSPS) is 22.2. The van der Waals surface area contributed by atoms with Gasteiger partial charge in [0.05, 0.1) is 18.3 Å². The van der Waals surface area contributed by atoms with Gasteiger partial charge in [-0.05, 0) is 42.1 Å². The van der Waals surface area contributed by atoms with Crippen molar-refractivity contribution in [1.82, 2.24) is 0 Å². The number of rotatable bonds is 8. The van der Waals surface area contributed by atoms with E-state index < -0.39 is 14.4 Å². The Morgan fingerprint density at radius 3 is 2.36 bits per heavy atom. The highest BCUT2D eigenvalue weighted by Gasteiger charge is 2.36. The van der Waals surface area contributed by atoms with Crippen molar-refractivity contribution in [2.24, 2.45) is 0 Å². The van der Waals surface area contributed by atoms with E-state index in [1.54, 1.807) is 0 Å². The molecule has 2 atom stereocenters. The number of aliphatic hydroxyl groups excluding tert-OH is 1. The van der Waals surface area contributed by atoms with Crippen molar-refractivity contribution in [2.75, 3.05) is 6.61 Å². The lowest BCUT2D eigenvalue weighted by molar-refractivity contribution is -0.129. The second-order valence-corrected chi connectivity index (χ2v) is 10.3. The Hall–Kier alpha value is -1.36. The van der Waals surface area contributed by atoms with Crippen LogP contribution in [0.4, 0.5) is 0 Å². The molecule has 2 rings (SSSR count). The fourth-order valence-corrected chi connectivity index (χ4v) is 6.85. The first kappa shape index (κ1) is 17.0. The molecule has 0 radical (unpaired) electrons. The molecule has 0 aromatic carbocycles. The van der Waals surface area contributed by atoms with Crippen molar-refractivity contribution >= 4 is 13.5 Å². The molecule has 3 nitrogen and oxygen atoms in total. The summed E-state index contributed by atoms with van der Waals surface area (Å²) in [4.78, 5) is 0. The fourth-order valence-electron chi connectivity index (χ4n) is 3.30. The molecule has 1 saturated heterocycles. The first-order valence-electron chi connectivity index (χ1n) is 7.86. The average Bonchev–Trinajstić information content (AvgIpc) is 2.98. The zero-order valence-electron chi connectivity index (χ0n) is 13.2. The number of hydrogen-bond donors (Lipinski definition) is 1. The van der Waals surface area contributed by atoms with Gasteiger partial charge in [-0.25, -0.2) is 0 Å². The number of hydrogen-bond acceptors (Lipinski definition) is 3. The Bertz CT molecular complexity index is 494. The summed E-state index contributed by atoms with van der Waals surface area (Å²) in [5.41, 5.74) is 1.17. The molecule has 1 aromatic heterocycles. The van der Waals surface area contributed by atoms with Crippen molar-refractivity contribution in [3.63, 3.8) is 0 Å². The molecular formula is C18H26O3Si. The molecule has 0 amide bonds. The molecule has 0 spiro atoms. The summed E-state index contributed by atoms with van der Waals surface area (Å²) >= 11 is 0. The molecule has 1 aliphatic heterocycles. The van der Waals surface area contributed by atoms with Gasteiger partial charge in [-0.2, -0.15) is 0 Å². The van der Waals surface area contributed by atoms with Crippen LogP contribution in [0.25, 0.3) is 0 Å². The summed E-state index contributed by atoms with van der Waals surface area (Å²) < 4.78 is 11.2. The van der Waals surface area contributed by atoms with Gasteiger partial charge < -0.3 is 14.3 Å². The van der Waals surface area contributed by atoms with E-state index >= 15 is 0 Å². The average molecular weight is 318 g/mol. The van der Waals surface area contributed by atoms with Crippen LogP contribution in [-0.2, 0) is 4.74 Å². The molecule has 1 fully saturated rings. The Labute approximate surface area is 134 Å². The van der Waals surface area contributed by atoms with Crippen LogP contribution in [-0.4, -0.2) is 26.1 Å². The molecule has 22 heavy (non-hydrogen) atoms. The van der Waals surface area contributed by atoms with Gasteiger partial charge in [-0.3, -0.25) is 0 Å². The summed E-state index contributed by atoms with van der Waals surface area (Å²) in [6.45, 7) is 12.3. The molecule has 0 bridgehead atoms. The predicted octanol–water partition coefficient (Wildman–Crippen LogP) is 3.71. The lowest BCUT2D eigenvalue weighted by Crippen LogP contribution is -2.45. The largest absolute Gasteiger partial charge is 0.474 e. The van der Waals surface area contributed by atoms with Crippen LogP contribution in [0.2, 0.25) is 18.1 Å². The first-order chi connectivity index (χ1) is 10.6. The molecule has 1 aromatic rings. The van der Waals surface area contributed by atoms with E-state index in [2.05, 4.69) is 25.8 Å². The summed E-state index contributed by atoms with van der Waals surface area (Å²) in [6, 6.07) is 5.04. The molecule has 0 aliphatic carbocycles. The molecule has 4 heteroatoms. The van der Waals surface area contributed by atoms with Crippen LogP contribution in [0, 0.1) is 0 Å². The van der Waals surface area contributed by atoms with E-state index in [0.29, 0.717) is 18.9 Å². The minimum absolute atomic E-state index is 0.309. The van der Waals surface area contributed by atoms with E-state index in [9.17, 15) is 5.11 Å². The Morgan fingerprint density at radius 2 is 1.82 bits per heavy atom. The SMILES string of the molecule is C=CC[Si](CC=C)(CC=C)c1cc(C2CCOC(O)C2)co1. The Kier molecular flexibility index (Phi) is 6.00. The Morgan fingerprint density at radius 1 is 1.18 bits per heavy atom. The standard InChI is InChI=1S/C18H26O3Si/c1-4-9-22(10-5-2,11-6-3)18-13-16(14-21-18)15-7-8-20-17(19)12-15/h4-6,13-15,17,19H,1-3,7-12H2. The van der Waals surface area contributed by atoms with Crippen molar-refractivity contribution < 1.29 is 14.3 Å². The highest BCUT2D eigenvalue weighted by Crippen LogP contribution is 2.31. The second kappa shape index (κ2) is 7.77. The van der Waals surface area contributed by atoms with Crippen molar-refractivity contribution in [2.45, 2.75) is 43.2 Å². The minimum Gasteiger partial charge on any atom is -0.474 e. The van der Waals surface area contributed by atoms with Crippen molar-refractivity contribution in [3.05, 3.63) is 55.9 Å². The maximum Gasteiger partial charge on any atom is 0.155 e. The van der Waals surface area contributed by atoms with Crippen LogP contribution in [0.5, 0.6) is 0 Å². The van der Waals surface area contributed by atoms with E-state index in [0.717, 1.165) is 29.9 Å². The third-order valence-corrected chi connectivity index (χ3v) is 9.00. The lowest BCUT2D eigenvalue weighted by atomic mass is 9.93. The van der Waals surface area contributed by atoms with Crippen molar-refractivity contribution in [3.8, 4) is 0 Å². The van der Waals surface area contributed by atoms with E-state index in [1.807, 2.05) is 24.5 Å². The third-order valence-electron chi connectivity index (χ3n) is 4.48. The van der Waals surface area contributed by atoms with Gasteiger partial charge in [-0.15, -0.1) is 19.7 Å². The summed E-state index contributed by atoms with van der Waals surface area (Å²) in [5.74, 6) is 0.309. The molecule has 120 valence electrons. The molecule has 2 heterocycles. The van der Waals surface area contributed by atoms with Gasteiger partial charge in [-0.1, -0.05) is 18.2 Å². The zero-order valence-corrected chi connectivity index (χ0v) is 14.2. The van der Waals surface area contributed by atoms with Gasteiger partial charge in [0, 0.05) is 6.42 Å². The number of allylic oxidation sites excluding steroid dienone is 3. The van der Waals surface area contributed by atoms with Crippen LogP contribution >= 0.6 is 0 Å². The van der Waals surface area contributed by atoms with E-state index in [-0.39, 0.29) is 0 Å². The molecule has 1 aliphatic rings. The van der Waals surface area contributed by atoms with Crippen LogP contribution in [0.1, 0.15) is 24.3 Å². The summed E-state index contributed by atoms with van der Waals surface area (Å²) in [6.07, 6.45) is 8.72.